The summed E-state index contributed by atoms with van der Waals surface area (Å²) >= 11 is 7.96. The normalized spacial score (nSPS) is 19.2. The molecule has 0 amide bonds. The molecule has 0 saturated carbocycles. The summed E-state index contributed by atoms with van der Waals surface area (Å²) in [6.07, 6.45) is 5.20. The number of hydrogen-bond donors (Lipinski definition) is 1. The SMILES string of the molecule is CCCCOCc1cnc(Cc2ccc(F)c([C@]3(C)CCSC(N)=N3)c2)c(Cl)c1. The number of nitrogens with two attached hydrogens (primary N) is 1. The van der Waals surface area contributed by atoms with Crippen molar-refractivity contribution >= 4 is 28.5 Å². The third kappa shape index (κ3) is 5.71. The van der Waals surface area contributed by atoms with Crippen LogP contribution in [0.4, 0.5) is 4.39 Å². The van der Waals surface area contributed by atoms with Crippen LogP contribution in [0.1, 0.15) is 55.5 Å². The molecule has 2 N–H and O–H groups in total. The zero-order valence-corrected chi connectivity index (χ0v) is 18.5. The summed E-state index contributed by atoms with van der Waals surface area (Å²) in [5, 5.41) is 1.10. The third-order valence-electron chi connectivity index (χ3n) is 5.06. The second kappa shape index (κ2) is 9.92. The van der Waals surface area contributed by atoms with Crippen LogP contribution >= 0.6 is 23.4 Å². The zero-order chi connectivity index (χ0) is 20.9. The molecule has 0 spiro atoms. The second-order valence-corrected chi connectivity index (χ2v) is 9.01. The van der Waals surface area contributed by atoms with Crippen molar-refractivity contribution in [1.29, 1.82) is 0 Å². The van der Waals surface area contributed by atoms with Crippen LogP contribution in [0, 0.1) is 5.82 Å². The van der Waals surface area contributed by atoms with E-state index in [-0.39, 0.29) is 5.82 Å². The van der Waals surface area contributed by atoms with Crippen molar-refractivity contribution < 1.29 is 9.13 Å². The molecular weight excluding hydrogens is 409 g/mol. The molecule has 0 aliphatic carbocycles. The number of benzene rings is 1. The molecule has 1 aromatic carbocycles. The predicted octanol–water partition coefficient (Wildman–Crippen LogP) is 5.45. The number of nitrogens with zero attached hydrogens (tertiary/aromatic N) is 2. The molecule has 1 aliphatic heterocycles. The van der Waals surface area contributed by atoms with Gasteiger partial charge in [-0.3, -0.25) is 9.98 Å². The highest BCUT2D eigenvalue weighted by atomic mass is 35.5. The maximum absolute atomic E-state index is 14.6. The van der Waals surface area contributed by atoms with Gasteiger partial charge in [0.2, 0.25) is 0 Å². The summed E-state index contributed by atoms with van der Waals surface area (Å²) in [6.45, 7) is 5.30. The lowest BCUT2D eigenvalue weighted by molar-refractivity contribution is 0.118. The molecule has 156 valence electrons. The quantitative estimate of drug-likeness (QED) is 0.560. The average Bonchev–Trinajstić information content (AvgIpc) is 2.68. The number of rotatable bonds is 8. The van der Waals surface area contributed by atoms with Crippen LogP contribution in [-0.4, -0.2) is 22.5 Å². The third-order valence-corrected chi connectivity index (χ3v) is 6.19. The Morgan fingerprint density at radius 3 is 2.86 bits per heavy atom. The van der Waals surface area contributed by atoms with E-state index in [9.17, 15) is 4.39 Å². The van der Waals surface area contributed by atoms with Crippen molar-refractivity contribution in [2.75, 3.05) is 12.4 Å². The average molecular weight is 436 g/mol. The Kier molecular flexibility index (Phi) is 7.55. The Labute approximate surface area is 181 Å². The van der Waals surface area contributed by atoms with Gasteiger partial charge in [0.1, 0.15) is 5.82 Å². The summed E-state index contributed by atoms with van der Waals surface area (Å²) in [4.78, 5) is 9.04. The van der Waals surface area contributed by atoms with E-state index in [1.165, 1.54) is 17.8 Å². The fraction of sp³-hybridized carbons (Fsp3) is 0.455. The monoisotopic (exact) mass is 435 g/mol. The Bertz CT molecular complexity index is 892. The molecule has 7 heteroatoms. The van der Waals surface area contributed by atoms with Crippen LogP contribution < -0.4 is 5.73 Å². The van der Waals surface area contributed by atoms with Gasteiger partial charge in [0.05, 0.1) is 22.9 Å². The van der Waals surface area contributed by atoms with Crippen LogP contribution in [0.3, 0.4) is 0 Å². The number of unbranched alkanes of at least 4 members (excludes halogenated alkanes) is 1. The van der Waals surface area contributed by atoms with E-state index >= 15 is 0 Å². The first-order valence-electron chi connectivity index (χ1n) is 9.89. The molecule has 1 atom stereocenters. The van der Waals surface area contributed by atoms with Crippen LogP contribution in [-0.2, 0) is 23.3 Å². The Morgan fingerprint density at radius 2 is 2.14 bits per heavy atom. The van der Waals surface area contributed by atoms with Crippen molar-refractivity contribution in [3.63, 3.8) is 0 Å². The topological polar surface area (TPSA) is 60.5 Å². The second-order valence-electron chi connectivity index (χ2n) is 7.49. The summed E-state index contributed by atoms with van der Waals surface area (Å²) in [5.41, 5.74) is 8.47. The van der Waals surface area contributed by atoms with E-state index in [0.29, 0.717) is 28.8 Å². The van der Waals surface area contributed by atoms with Gasteiger partial charge in [-0.25, -0.2) is 4.39 Å². The van der Waals surface area contributed by atoms with Gasteiger partial charge in [0.25, 0.3) is 0 Å². The van der Waals surface area contributed by atoms with Gasteiger partial charge >= 0.3 is 0 Å². The minimum absolute atomic E-state index is 0.265. The van der Waals surface area contributed by atoms with Crippen LogP contribution in [0.15, 0.2) is 35.5 Å². The molecule has 0 unspecified atom stereocenters. The van der Waals surface area contributed by atoms with E-state index < -0.39 is 5.54 Å². The van der Waals surface area contributed by atoms with E-state index in [1.807, 2.05) is 19.1 Å². The summed E-state index contributed by atoms with van der Waals surface area (Å²) < 4.78 is 20.2. The fourth-order valence-electron chi connectivity index (χ4n) is 3.32. The molecule has 1 aromatic heterocycles. The first-order valence-corrected chi connectivity index (χ1v) is 11.3. The molecule has 0 radical (unpaired) electrons. The fourth-order valence-corrected chi connectivity index (χ4v) is 4.55. The standard InChI is InChI=1S/C22H27ClFN3OS/c1-3-4-8-28-14-16-11-18(23)20(26-13-16)12-15-5-6-19(24)17(10-15)22(2)7-9-29-21(25)27-22/h5-6,10-11,13H,3-4,7-9,12,14H2,1-2H3,(H2,25,27)/t22-/m0/s1. The first-order chi connectivity index (χ1) is 13.9. The smallest absolute Gasteiger partial charge is 0.154 e. The molecule has 0 bridgehead atoms. The molecule has 0 fully saturated rings. The van der Waals surface area contributed by atoms with Crippen LogP contribution in [0.2, 0.25) is 5.02 Å². The first kappa shape index (κ1) is 22.1. The number of amidine groups is 1. The van der Waals surface area contributed by atoms with Crippen molar-refractivity contribution in [2.45, 2.75) is 51.7 Å². The van der Waals surface area contributed by atoms with Gasteiger partial charge in [-0.05, 0) is 43.0 Å². The van der Waals surface area contributed by atoms with Gasteiger partial charge in [-0.1, -0.05) is 48.8 Å². The minimum Gasteiger partial charge on any atom is -0.379 e. The summed E-state index contributed by atoms with van der Waals surface area (Å²) in [7, 11) is 0. The van der Waals surface area contributed by atoms with E-state index in [0.717, 1.165) is 48.4 Å². The number of aliphatic imine (C=N–C) groups is 1. The number of thioether (sulfide) groups is 1. The molecule has 3 rings (SSSR count). The highest BCUT2D eigenvalue weighted by Gasteiger charge is 2.32. The molecule has 2 heterocycles. The largest absolute Gasteiger partial charge is 0.379 e. The lowest BCUT2D eigenvalue weighted by Gasteiger charge is -2.30. The lowest BCUT2D eigenvalue weighted by Crippen LogP contribution is -2.29. The number of hydrogen-bond acceptors (Lipinski definition) is 5. The van der Waals surface area contributed by atoms with E-state index in [1.54, 1.807) is 12.3 Å². The van der Waals surface area contributed by atoms with Crippen LogP contribution in [0.25, 0.3) is 0 Å². The molecule has 0 saturated heterocycles. The van der Waals surface area contributed by atoms with Crippen molar-refractivity contribution in [3.8, 4) is 0 Å². The van der Waals surface area contributed by atoms with Gasteiger partial charge in [-0.2, -0.15) is 0 Å². The van der Waals surface area contributed by atoms with Gasteiger partial charge < -0.3 is 10.5 Å². The molecule has 1 aliphatic rings. The Morgan fingerprint density at radius 1 is 1.31 bits per heavy atom. The number of aromatic nitrogens is 1. The summed E-state index contributed by atoms with van der Waals surface area (Å²) in [6, 6.07) is 7.02. The van der Waals surface area contributed by atoms with Crippen molar-refractivity contribution in [3.05, 3.63) is 63.7 Å². The predicted molar refractivity (Wildman–Crippen MR) is 119 cm³/mol. The zero-order valence-electron chi connectivity index (χ0n) is 16.9. The molecule has 2 aromatic rings. The maximum atomic E-state index is 14.6. The highest BCUT2D eigenvalue weighted by molar-refractivity contribution is 8.13. The Hall–Kier alpha value is -1.63. The van der Waals surface area contributed by atoms with Crippen molar-refractivity contribution in [2.24, 2.45) is 10.7 Å². The highest BCUT2D eigenvalue weighted by Crippen LogP contribution is 2.37. The minimum atomic E-state index is -0.646. The van der Waals surface area contributed by atoms with Crippen LogP contribution in [0.5, 0.6) is 0 Å². The molecule has 4 nitrogen and oxygen atoms in total. The number of ether oxygens (including phenoxy) is 1. The van der Waals surface area contributed by atoms with Gasteiger partial charge in [0.15, 0.2) is 5.17 Å². The number of halogens is 2. The van der Waals surface area contributed by atoms with Gasteiger partial charge in [-0.15, -0.1) is 0 Å². The molecular formula is C22H27ClFN3OS. The van der Waals surface area contributed by atoms with Gasteiger partial charge in [0, 0.05) is 30.5 Å². The van der Waals surface area contributed by atoms with E-state index in [2.05, 4.69) is 16.9 Å². The molecule has 29 heavy (non-hydrogen) atoms. The van der Waals surface area contributed by atoms with E-state index in [4.69, 9.17) is 22.1 Å². The lowest BCUT2D eigenvalue weighted by atomic mass is 9.87. The Balaban J connectivity index is 1.76. The number of pyridine rings is 1. The maximum Gasteiger partial charge on any atom is 0.154 e. The van der Waals surface area contributed by atoms with Crippen molar-refractivity contribution in [1.82, 2.24) is 4.98 Å². The summed E-state index contributed by atoms with van der Waals surface area (Å²) in [5.74, 6) is 0.559.